The molecular weight excluding hydrogens is 695 g/mol. The number of hydrogen-bond donors (Lipinski definition) is 0. The smallest absolute Gasteiger partial charge is 0.227 e. The van der Waals surface area contributed by atoms with E-state index in [-0.39, 0.29) is 0 Å². The second-order valence-electron chi connectivity index (χ2n) is 14.4. The molecule has 0 spiro atoms. The van der Waals surface area contributed by atoms with Crippen molar-refractivity contribution in [3.05, 3.63) is 212 Å². The second-order valence-corrected chi connectivity index (χ2v) is 14.4. The minimum Gasteiger partial charge on any atom is -0.435 e. The van der Waals surface area contributed by atoms with E-state index in [4.69, 9.17) is 9.40 Å². The molecule has 2 heterocycles. The molecule has 0 saturated carbocycles. The van der Waals surface area contributed by atoms with E-state index in [0.717, 1.165) is 61.6 Å². The molecule has 0 aliphatic rings. The zero-order valence-corrected chi connectivity index (χ0v) is 31.0. The fourth-order valence-corrected chi connectivity index (χ4v) is 8.32. The SMILES string of the molecule is c1ccc(-c2cccc(N(c3ccc(-c4cccc5nc(-c6ccccc6)oc45)cc3)c3ccc4c5ccc6ccccc6c5n(-c5ccccc5)c4c3)c2)cc1. The first-order valence-corrected chi connectivity index (χ1v) is 19.3. The summed E-state index contributed by atoms with van der Waals surface area (Å²) in [5.41, 5.74) is 13.7. The van der Waals surface area contributed by atoms with Crippen molar-refractivity contribution in [2.45, 2.75) is 0 Å². The fraction of sp³-hybridized carbons (Fsp3) is 0. The van der Waals surface area contributed by atoms with Crippen LogP contribution in [0.15, 0.2) is 217 Å². The van der Waals surface area contributed by atoms with Crippen LogP contribution in [0.1, 0.15) is 0 Å². The van der Waals surface area contributed by atoms with Gasteiger partial charge in [0.1, 0.15) is 5.52 Å². The van der Waals surface area contributed by atoms with Gasteiger partial charge in [0.25, 0.3) is 0 Å². The second kappa shape index (κ2) is 13.6. The summed E-state index contributed by atoms with van der Waals surface area (Å²) in [6, 6.07) is 75.3. The maximum absolute atomic E-state index is 6.43. The third-order valence-corrected chi connectivity index (χ3v) is 11.0. The lowest BCUT2D eigenvalue weighted by Crippen LogP contribution is -2.10. The maximum atomic E-state index is 6.43. The summed E-state index contributed by atoms with van der Waals surface area (Å²) in [5, 5.41) is 4.91. The normalized spacial score (nSPS) is 11.5. The lowest BCUT2D eigenvalue weighted by atomic mass is 10.0. The van der Waals surface area contributed by atoms with Crippen LogP contribution in [0, 0.1) is 0 Å². The van der Waals surface area contributed by atoms with E-state index in [1.807, 2.05) is 36.4 Å². The predicted octanol–water partition coefficient (Wildman–Crippen LogP) is 14.5. The number of rotatable bonds is 7. The van der Waals surface area contributed by atoms with Crippen molar-refractivity contribution >= 4 is 60.7 Å². The minimum absolute atomic E-state index is 0.621. The molecule has 0 fully saturated rings. The maximum Gasteiger partial charge on any atom is 0.227 e. The van der Waals surface area contributed by atoms with Gasteiger partial charge in [-0.25, -0.2) is 4.98 Å². The van der Waals surface area contributed by atoms with Gasteiger partial charge < -0.3 is 13.9 Å². The van der Waals surface area contributed by atoms with Crippen LogP contribution in [-0.4, -0.2) is 9.55 Å². The first-order valence-electron chi connectivity index (χ1n) is 19.3. The van der Waals surface area contributed by atoms with Crippen LogP contribution in [0.25, 0.3) is 83.1 Å². The highest BCUT2D eigenvalue weighted by atomic mass is 16.3. The standard InChI is InChI=1S/C53H35N3O/c1-4-14-36(15-5-1)40-19-12-22-43(34-40)55(42-29-26-38(27-30-42)46-24-13-25-49-52(46)57-53(54-49)39-17-6-2-7-18-39)44-31-33-47-48-32-28-37-16-10-11-23-45(37)51(48)56(50(47)35-44)41-20-8-3-9-21-41/h1-35H. The van der Waals surface area contributed by atoms with Crippen LogP contribution in [0.3, 0.4) is 0 Å². The summed E-state index contributed by atoms with van der Waals surface area (Å²) >= 11 is 0. The van der Waals surface area contributed by atoms with Gasteiger partial charge in [-0.15, -0.1) is 0 Å². The largest absolute Gasteiger partial charge is 0.435 e. The molecule has 0 bridgehead atoms. The Morgan fingerprint density at radius 3 is 1.88 bits per heavy atom. The van der Waals surface area contributed by atoms with Crippen LogP contribution >= 0.6 is 0 Å². The van der Waals surface area contributed by atoms with Crippen molar-refractivity contribution in [1.82, 2.24) is 9.55 Å². The Bertz CT molecular complexity index is 3220. The first kappa shape index (κ1) is 32.7. The van der Waals surface area contributed by atoms with Gasteiger partial charge in [0.05, 0.1) is 11.0 Å². The van der Waals surface area contributed by atoms with Gasteiger partial charge in [-0.1, -0.05) is 146 Å². The van der Waals surface area contributed by atoms with Gasteiger partial charge >= 0.3 is 0 Å². The number of fused-ring (bicyclic) bond motifs is 6. The first-order chi connectivity index (χ1) is 28.3. The third kappa shape index (κ3) is 5.66. The Morgan fingerprint density at radius 2 is 1.07 bits per heavy atom. The molecule has 11 aromatic rings. The summed E-state index contributed by atoms with van der Waals surface area (Å²) in [4.78, 5) is 7.20. The number of nitrogens with zero attached hydrogens (tertiary/aromatic N) is 3. The fourth-order valence-electron chi connectivity index (χ4n) is 8.32. The molecule has 2 aromatic heterocycles. The molecule has 268 valence electrons. The third-order valence-electron chi connectivity index (χ3n) is 11.0. The molecule has 9 aromatic carbocycles. The highest BCUT2D eigenvalue weighted by Gasteiger charge is 2.20. The molecule has 57 heavy (non-hydrogen) atoms. The number of anilines is 3. The van der Waals surface area contributed by atoms with E-state index < -0.39 is 0 Å². The van der Waals surface area contributed by atoms with Crippen LogP contribution in [0.4, 0.5) is 17.1 Å². The highest BCUT2D eigenvalue weighted by molar-refractivity contribution is 6.19. The van der Waals surface area contributed by atoms with E-state index in [2.05, 4.69) is 185 Å². The molecule has 4 heteroatoms. The van der Waals surface area contributed by atoms with E-state index >= 15 is 0 Å². The lowest BCUT2D eigenvalue weighted by molar-refractivity contribution is 0.621. The van der Waals surface area contributed by atoms with Crippen molar-refractivity contribution in [3.8, 4) is 39.4 Å². The Morgan fingerprint density at radius 1 is 0.421 bits per heavy atom. The number of oxazole rings is 1. The van der Waals surface area contributed by atoms with Crippen LogP contribution in [0.2, 0.25) is 0 Å². The van der Waals surface area contributed by atoms with Crippen LogP contribution < -0.4 is 4.90 Å². The topological polar surface area (TPSA) is 34.2 Å². The molecule has 11 rings (SSSR count). The van der Waals surface area contributed by atoms with Crippen molar-refractivity contribution in [2.75, 3.05) is 4.90 Å². The number of hydrogen-bond acceptors (Lipinski definition) is 3. The summed E-state index contributed by atoms with van der Waals surface area (Å²) < 4.78 is 8.86. The van der Waals surface area contributed by atoms with Gasteiger partial charge in [0.15, 0.2) is 5.58 Å². The molecule has 0 aliphatic carbocycles. The van der Waals surface area contributed by atoms with Crippen LogP contribution in [-0.2, 0) is 0 Å². The Kier molecular flexibility index (Phi) is 7.78. The van der Waals surface area contributed by atoms with Crippen LogP contribution in [0.5, 0.6) is 0 Å². The van der Waals surface area contributed by atoms with Crippen molar-refractivity contribution in [1.29, 1.82) is 0 Å². The quantitative estimate of drug-likeness (QED) is 0.164. The zero-order chi connectivity index (χ0) is 37.7. The number of benzene rings is 9. The van der Waals surface area contributed by atoms with Crippen molar-refractivity contribution in [3.63, 3.8) is 0 Å². The van der Waals surface area contributed by atoms with Gasteiger partial charge in [-0.05, 0) is 88.8 Å². The molecule has 0 unspecified atom stereocenters. The number of aromatic nitrogens is 2. The summed E-state index contributed by atoms with van der Waals surface area (Å²) in [6.45, 7) is 0. The van der Waals surface area contributed by atoms with Gasteiger partial charge in [-0.3, -0.25) is 0 Å². The van der Waals surface area contributed by atoms with Gasteiger partial charge in [-0.2, -0.15) is 0 Å². The van der Waals surface area contributed by atoms with E-state index in [9.17, 15) is 0 Å². The van der Waals surface area contributed by atoms with Crippen molar-refractivity contribution in [2.24, 2.45) is 0 Å². The monoisotopic (exact) mass is 729 g/mol. The molecule has 0 amide bonds. The molecular formula is C53H35N3O. The molecule has 0 aliphatic heterocycles. The molecule has 0 saturated heterocycles. The highest BCUT2D eigenvalue weighted by Crippen LogP contribution is 2.43. The summed E-state index contributed by atoms with van der Waals surface area (Å²) in [5.74, 6) is 0.621. The molecule has 4 nitrogen and oxygen atoms in total. The number of para-hydroxylation sites is 2. The average molecular weight is 730 g/mol. The minimum atomic E-state index is 0.621. The van der Waals surface area contributed by atoms with E-state index in [0.29, 0.717) is 5.89 Å². The molecule has 0 N–H and O–H groups in total. The van der Waals surface area contributed by atoms with E-state index in [1.165, 1.54) is 32.6 Å². The Balaban J connectivity index is 1.10. The summed E-state index contributed by atoms with van der Waals surface area (Å²) in [7, 11) is 0. The summed E-state index contributed by atoms with van der Waals surface area (Å²) in [6.07, 6.45) is 0. The molecule has 0 atom stereocenters. The Labute approximate surface area is 330 Å². The lowest BCUT2D eigenvalue weighted by Gasteiger charge is -2.26. The van der Waals surface area contributed by atoms with Crippen molar-refractivity contribution < 1.29 is 4.42 Å². The Hall–Kier alpha value is -7.69. The van der Waals surface area contributed by atoms with Gasteiger partial charge in [0.2, 0.25) is 5.89 Å². The van der Waals surface area contributed by atoms with E-state index in [1.54, 1.807) is 0 Å². The average Bonchev–Trinajstić information content (AvgIpc) is 3.88. The van der Waals surface area contributed by atoms with Gasteiger partial charge in [0, 0.05) is 50.0 Å². The molecule has 0 radical (unpaired) electrons. The predicted molar refractivity (Wildman–Crippen MR) is 237 cm³/mol. The zero-order valence-electron chi connectivity index (χ0n) is 31.0.